The Bertz CT molecular complexity index is 389. The first-order valence-electron chi connectivity index (χ1n) is 6.64. The van der Waals surface area contributed by atoms with Crippen LogP contribution in [-0.4, -0.2) is 33.7 Å². The van der Waals surface area contributed by atoms with Crippen molar-refractivity contribution in [2.24, 2.45) is 0 Å². The Kier molecular flexibility index (Phi) is 4.51. The third kappa shape index (κ3) is 2.81. The first kappa shape index (κ1) is 13.7. The number of nitrogens with zero attached hydrogens (tertiary/aromatic N) is 2. The highest BCUT2D eigenvalue weighted by Crippen LogP contribution is 2.28. The molecule has 1 saturated heterocycles. The van der Waals surface area contributed by atoms with Gasteiger partial charge in [-0.1, -0.05) is 13.8 Å². The van der Waals surface area contributed by atoms with Gasteiger partial charge in [0.15, 0.2) is 0 Å². The number of hydrogen-bond acceptors (Lipinski definition) is 4. The Labute approximate surface area is 114 Å². The molecular formula is C14H22N2OS. The molecule has 0 radical (unpaired) electrons. The van der Waals surface area contributed by atoms with Crippen molar-refractivity contribution in [3.63, 3.8) is 0 Å². The Balaban J connectivity index is 2.31. The fraction of sp³-hybridized carbons (Fsp3) is 0.643. The molecule has 4 heteroatoms. The topological polar surface area (TPSA) is 36.4 Å². The zero-order chi connectivity index (χ0) is 13.1. The summed E-state index contributed by atoms with van der Waals surface area (Å²) in [5.74, 6) is 2.18. The molecule has 0 amide bonds. The predicted molar refractivity (Wildman–Crippen MR) is 78.3 cm³/mol. The average molecular weight is 266 g/mol. The Morgan fingerprint density at radius 3 is 2.89 bits per heavy atom. The van der Waals surface area contributed by atoms with Crippen LogP contribution in [0.3, 0.4) is 0 Å². The summed E-state index contributed by atoms with van der Waals surface area (Å²) in [6.07, 6.45) is 0.910. The number of anilines is 1. The Hall–Kier alpha value is -0.740. The average Bonchev–Trinajstić information content (AvgIpc) is 2.41. The first-order valence-corrected chi connectivity index (χ1v) is 7.69. The summed E-state index contributed by atoms with van der Waals surface area (Å²) in [6, 6.07) is 4.52. The van der Waals surface area contributed by atoms with Gasteiger partial charge in [0.05, 0.1) is 6.61 Å². The number of rotatable bonds is 3. The molecule has 100 valence electrons. The van der Waals surface area contributed by atoms with E-state index in [0.29, 0.717) is 11.3 Å². The van der Waals surface area contributed by atoms with E-state index in [9.17, 15) is 5.11 Å². The van der Waals surface area contributed by atoms with Crippen LogP contribution in [0.15, 0.2) is 12.1 Å². The number of aromatic nitrogens is 1. The van der Waals surface area contributed by atoms with Crippen molar-refractivity contribution in [2.75, 3.05) is 17.2 Å². The van der Waals surface area contributed by atoms with Crippen LogP contribution in [0, 0.1) is 0 Å². The van der Waals surface area contributed by atoms with Gasteiger partial charge in [0.2, 0.25) is 0 Å². The monoisotopic (exact) mass is 266 g/mol. The molecule has 1 aromatic rings. The lowest BCUT2D eigenvalue weighted by atomic mass is 10.1. The molecular weight excluding hydrogens is 244 g/mol. The summed E-state index contributed by atoms with van der Waals surface area (Å²) in [5.41, 5.74) is 2.03. The zero-order valence-electron chi connectivity index (χ0n) is 11.4. The van der Waals surface area contributed by atoms with Gasteiger partial charge in [0.25, 0.3) is 0 Å². The highest BCUT2D eigenvalue weighted by Gasteiger charge is 2.26. The standard InChI is InChI=1S/C14H22N2OS/c1-4-13-7-12(9-17)8-14(15-13)16-5-6-18-11(3)10(16)2/h7-8,10-11,17H,4-6,9H2,1-3H3. The third-order valence-corrected chi connectivity index (χ3v) is 4.99. The molecule has 2 heterocycles. The fourth-order valence-electron chi connectivity index (χ4n) is 2.31. The maximum atomic E-state index is 9.35. The van der Waals surface area contributed by atoms with Crippen molar-refractivity contribution in [1.82, 2.24) is 4.98 Å². The molecule has 1 aliphatic rings. The van der Waals surface area contributed by atoms with E-state index in [-0.39, 0.29) is 6.61 Å². The number of aryl methyl sites for hydroxylation is 1. The van der Waals surface area contributed by atoms with E-state index in [2.05, 4.69) is 25.7 Å². The lowest BCUT2D eigenvalue weighted by Crippen LogP contribution is -2.45. The smallest absolute Gasteiger partial charge is 0.129 e. The van der Waals surface area contributed by atoms with Gasteiger partial charge < -0.3 is 10.0 Å². The minimum Gasteiger partial charge on any atom is -0.392 e. The molecule has 2 unspecified atom stereocenters. The second-order valence-electron chi connectivity index (χ2n) is 4.85. The first-order chi connectivity index (χ1) is 8.65. The van der Waals surface area contributed by atoms with Crippen molar-refractivity contribution in [2.45, 2.75) is 45.1 Å². The normalized spacial score (nSPS) is 24.3. The second kappa shape index (κ2) is 5.93. The van der Waals surface area contributed by atoms with Crippen LogP contribution in [0.2, 0.25) is 0 Å². The van der Waals surface area contributed by atoms with Gasteiger partial charge in [0, 0.05) is 29.3 Å². The van der Waals surface area contributed by atoms with Gasteiger partial charge in [0.1, 0.15) is 5.82 Å². The van der Waals surface area contributed by atoms with E-state index in [1.807, 2.05) is 23.9 Å². The molecule has 0 aromatic carbocycles. The van der Waals surface area contributed by atoms with Crippen molar-refractivity contribution >= 4 is 17.6 Å². The quantitative estimate of drug-likeness (QED) is 0.912. The minimum atomic E-state index is 0.0923. The van der Waals surface area contributed by atoms with Gasteiger partial charge in [-0.15, -0.1) is 0 Å². The highest BCUT2D eigenvalue weighted by atomic mass is 32.2. The Morgan fingerprint density at radius 2 is 2.22 bits per heavy atom. The molecule has 1 fully saturated rings. The summed E-state index contributed by atoms with van der Waals surface area (Å²) >= 11 is 2.03. The van der Waals surface area contributed by atoms with Gasteiger partial charge in [-0.3, -0.25) is 0 Å². The molecule has 0 bridgehead atoms. The van der Waals surface area contributed by atoms with Crippen LogP contribution < -0.4 is 4.90 Å². The maximum absolute atomic E-state index is 9.35. The molecule has 0 aliphatic carbocycles. The molecule has 2 atom stereocenters. The number of aliphatic hydroxyl groups is 1. The van der Waals surface area contributed by atoms with Crippen molar-refractivity contribution in [1.29, 1.82) is 0 Å². The van der Waals surface area contributed by atoms with Crippen LogP contribution >= 0.6 is 11.8 Å². The second-order valence-corrected chi connectivity index (χ2v) is 6.33. The lowest BCUT2D eigenvalue weighted by molar-refractivity contribution is 0.281. The van der Waals surface area contributed by atoms with Crippen molar-refractivity contribution < 1.29 is 5.11 Å². The summed E-state index contributed by atoms with van der Waals surface area (Å²) in [6.45, 7) is 7.77. The van der Waals surface area contributed by atoms with E-state index in [1.54, 1.807) is 0 Å². The van der Waals surface area contributed by atoms with Crippen molar-refractivity contribution in [3.8, 4) is 0 Å². The number of hydrogen-bond donors (Lipinski definition) is 1. The maximum Gasteiger partial charge on any atom is 0.129 e. The Morgan fingerprint density at radius 1 is 1.44 bits per heavy atom. The number of thioether (sulfide) groups is 1. The summed E-state index contributed by atoms with van der Waals surface area (Å²) in [5, 5.41) is 9.98. The minimum absolute atomic E-state index is 0.0923. The third-order valence-electron chi connectivity index (χ3n) is 3.65. The molecule has 0 spiro atoms. The summed E-state index contributed by atoms with van der Waals surface area (Å²) in [7, 11) is 0. The predicted octanol–water partition coefficient (Wildman–Crippen LogP) is 2.47. The molecule has 18 heavy (non-hydrogen) atoms. The van der Waals surface area contributed by atoms with Crippen LogP contribution in [0.25, 0.3) is 0 Å². The van der Waals surface area contributed by atoms with Gasteiger partial charge in [-0.2, -0.15) is 11.8 Å². The van der Waals surface area contributed by atoms with Crippen molar-refractivity contribution in [3.05, 3.63) is 23.4 Å². The van der Waals surface area contributed by atoms with Gasteiger partial charge >= 0.3 is 0 Å². The molecule has 3 nitrogen and oxygen atoms in total. The largest absolute Gasteiger partial charge is 0.392 e. The van der Waals surface area contributed by atoms with E-state index < -0.39 is 0 Å². The molecule has 1 aromatic heterocycles. The van der Waals surface area contributed by atoms with Crippen LogP contribution in [-0.2, 0) is 13.0 Å². The van der Waals surface area contributed by atoms with E-state index >= 15 is 0 Å². The number of aliphatic hydroxyl groups excluding tert-OH is 1. The molecule has 1 N–H and O–H groups in total. The SMILES string of the molecule is CCc1cc(CO)cc(N2CCSC(C)C2C)n1. The van der Waals surface area contributed by atoms with Gasteiger partial charge in [-0.05, 0) is 31.0 Å². The van der Waals surface area contributed by atoms with E-state index in [4.69, 9.17) is 4.98 Å². The molecule has 1 aliphatic heterocycles. The lowest BCUT2D eigenvalue weighted by Gasteiger charge is -2.38. The van der Waals surface area contributed by atoms with E-state index in [0.717, 1.165) is 35.8 Å². The molecule has 0 saturated carbocycles. The summed E-state index contributed by atoms with van der Waals surface area (Å²) in [4.78, 5) is 7.09. The molecule has 2 rings (SSSR count). The summed E-state index contributed by atoms with van der Waals surface area (Å²) < 4.78 is 0. The van der Waals surface area contributed by atoms with Crippen LogP contribution in [0.5, 0.6) is 0 Å². The van der Waals surface area contributed by atoms with Crippen LogP contribution in [0.4, 0.5) is 5.82 Å². The fourth-order valence-corrected chi connectivity index (χ4v) is 3.41. The zero-order valence-corrected chi connectivity index (χ0v) is 12.2. The van der Waals surface area contributed by atoms with Crippen LogP contribution in [0.1, 0.15) is 32.0 Å². The van der Waals surface area contributed by atoms with E-state index in [1.165, 1.54) is 0 Å². The van der Waals surface area contributed by atoms with Gasteiger partial charge in [-0.25, -0.2) is 4.98 Å². The number of pyridine rings is 1. The highest BCUT2D eigenvalue weighted by molar-refractivity contribution is 8.00.